The molecule has 0 radical (unpaired) electrons. The molecule has 64 valence electrons. The van der Waals surface area contributed by atoms with E-state index in [0.717, 1.165) is 12.8 Å². The van der Waals surface area contributed by atoms with Gasteiger partial charge in [0.05, 0.1) is 13.2 Å². The minimum absolute atomic E-state index is 0.0625. The van der Waals surface area contributed by atoms with Crippen LogP contribution in [-0.2, 0) is 9.47 Å². The first-order valence-corrected chi connectivity index (χ1v) is 4.25. The first-order valence-electron chi connectivity index (χ1n) is 4.25. The Morgan fingerprint density at radius 3 is 3.18 bits per heavy atom. The van der Waals surface area contributed by atoms with E-state index >= 15 is 0 Å². The molecule has 0 aliphatic carbocycles. The lowest BCUT2D eigenvalue weighted by Gasteiger charge is -2.25. The summed E-state index contributed by atoms with van der Waals surface area (Å²) in [5.41, 5.74) is 0. The van der Waals surface area contributed by atoms with E-state index in [9.17, 15) is 5.11 Å². The van der Waals surface area contributed by atoms with Gasteiger partial charge >= 0.3 is 0 Å². The Morgan fingerprint density at radius 1 is 1.64 bits per heavy atom. The van der Waals surface area contributed by atoms with Crippen molar-refractivity contribution in [1.82, 2.24) is 0 Å². The van der Waals surface area contributed by atoms with Crippen LogP contribution in [0.2, 0.25) is 0 Å². The van der Waals surface area contributed by atoms with Gasteiger partial charge in [0.15, 0.2) is 5.79 Å². The molecule has 0 bridgehead atoms. The van der Waals surface area contributed by atoms with Crippen LogP contribution in [0.1, 0.15) is 19.8 Å². The van der Waals surface area contributed by atoms with Crippen molar-refractivity contribution in [1.29, 1.82) is 0 Å². The van der Waals surface area contributed by atoms with Crippen LogP contribution in [0, 0.1) is 5.92 Å². The largest absolute Gasteiger partial charge is 0.372 e. The smallest absolute Gasteiger partial charge is 0.197 e. The average molecular weight is 158 g/mol. The Balaban J connectivity index is 2.16. The third-order valence-corrected chi connectivity index (χ3v) is 2.75. The fraction of sp³-hybridized carbons (Fsp3) is 1.00. The minimum Gasteiger partial charge on any atom is -0.372 e. The maximum atomic E-state index is 9.94. The molecule has 2 heterocycles. The van der Waals surface area contributed by atoms with E-state index in [2.05, 4.69) is 6.92 Å². The van der Waals surface area contributed by atoms with Gasteiger partial charge < -0.3 is 14.6 Å². The molecule has 3 nitrogen and oxygen atoms in total. The summed E-state index contributed by atoms with van der Waals surface area (Å²) in [4.78, 5) is 0. The highest BCUT2D eigenvalue weighted by Gasteiger charge is 2.53. The average Bonchev–Trinajstić information content (AvgIpc) is 2.44. The minimum atomic E-state index is -0.950. The van der Waals surface area contributed by atoms with E-state index < -0.39 is 5.79 Å². The van der Waals surface area contributed by atoms with Gasteiger partial charge in [0.25, 0.3) is 0 Å². The Hall–Kier alpha value is -0.120. The highest BCUT2D eigenvalue weighted by atomic mass is 16.7. The molecule has 11 heavy (non-hydrogen) atoms. The number of aliphatic hydroxyl groups is 1. The highest BCUT2D eigenvalue weighted by molar-refractivity contribution is 4.94. The fourth-order valence-corrected chi connectivity index (χ4v) is 1.97. The van der Waals surface area contributed by atoms with Crippen molar-refractivity contribution in [3.05, 3.63) is 0 Å². The Labute approximate surface area is 66.3 Å². The van der Waals surface area contributed by atoms with Crippen molar-refractivity contribution in [2.75, 3.05) is 13.2 Å². The van der Waals surface area contributed by atoms with Crippen molar-refractivity contribution < 1.29 is 14.6 Å². The predicted molar refractivity (Wildman–Crippen MR) is 39.0 cm³/mol. The lowest BCUT2D eigenvalue weighted by Crippen LogP contribution is -2.40. The molecule has 0 aromatic carbocycles. The Kier molecular flexibility index (Phi) is 1.67. The van der Waals surface area contributed by atoms with Crippen molar-refractivity contribution in [3.63, 3.8) is 0 Å². The molecule has 1 N–H and O–H groups in total. The molecule has 2 fully saturated rings. The summed E-state index contributed by atoms with van der Waals surface area (Å²) in [5, 5.41) is 9.94. The second kappa shape index (κ2) is 2.44. The van der Waals surface area contributed by atoms with Gasteiger partial charge in [0, 0.05) is 12.3 Å². The van der Waals surface area contributed by atoms with Gasteiger partial charge in [-0.15, -0.1) is 0 Å². The van der Waals surface area contributed by atoms with Crippen LogP contribution in [0.4, 0.5) is 0 Å². The SMILES string of the molecule is CC[C@@H]1CO[C@@H]2CCO[C@]12O. The van der Waals surface area contributed by atoms with Gasteiger partial charge in [-0.1, -0.05) is 6.92 Å². The molecule has 0 unspecified atom stereocenters. The number of rotatable bonds is 1. The predicted octanol–water partition coefficient (Wildman–Crippen LogP) is 0.520. The van der Waals surface area contributed by atoms with Crippen LogP contribution < -0.4 is 0 Å². The summed E-state index contributed by atoms with van der Waals surface area (Å²) < 4.78 is 10.7. The summed E-state index contributed by atoms with van der Waals surface area (Å²) in [6.07, 6.45) is 1.70. The maximum Gasteiger partial charge on any atom is 0.197 e. The van der Waals surface area contributed by atoms with Crippen LogP contribution in [-0.4, -0.2) is 30.2 Å². The summed E-state index contributed by atoms with van der Waals surface area (Å²) >= 11 is 0. The summed E-state index contributed by atoms with van der Waals surface area (Å²) in [6, 6.07) is 0. The molecule has 2 rings (SSSR count). The van der Waals surface area contributed by atoms with E-state index in [4.69, 9.17) is 9.47 Å². The topological polar surface area (TPSA) is 38.7 Å². The molecule has 3 atom stereocenters. The lowest BCUT2D eigenvalue weighted by molar-refractivity contribution is -0.207. The molecular formula is C8H14O3. The van der Waals surface area contributed by atoms with E-state index in [1.807, 2.05) is 0 Å². The third kappa shape index (κ3) is 0.916. The molecule has 2 aliphatic rings. The van der Waals surface area contributed by atoms with Gasteiger partial charge in [0.1, 0.15) is 6.10 Å². The molecule has 2 aliphatic heterocycles. The van der Waals surface area contributed by atoms with Gasteiger partial charge in [-0.05, 0) is 6.42 Å². The van der Waals surface area contributed by atoms with E-state index in [1.165, 1.54) is 0 Å². The fourth-order valence-electron chi connectivity index (χ4n) is 1.97. The summed E-state index contributed by atoms with van der Waals surface area (Å²) in [7, 11) is 0. The maximum absolute atomic E-state index is 9.94. The van der Waals surface area contributed by atoms with Crippen molar-refractivity contribution in [2.45, 2.75) is 31.7 Å². The van der Waals surface area contributed by atoms with Crippen LogP contribution >= 0.6 is 0 Å². The number of hydrogen-bond acceptors (Lipinski definition) is 3. The lowest BCUT2D eigenvalue weighted by atomic mass is 9.95. The molecule has 3 heteroatoms. The van der Waals surface area contributed by atoms with E-state index in [1.54, 1.807) is 0 Å². The first-order chi connectivity index (χ1) is 5.27. The van der Waals surface area contributed by atoms with Crippen LogP contribution in [0.3, 0.4) is 0 Å². The first kappa shape index (κ1) is 7.53. The van der Waals surface area contributed by atoms with Crippen molar-refractivity contribution in [2.24, 2.45) is 5.92 Å². The summed E-state index contributed by atoms with van der Waals surface area (Å²) in [6.45, 7) is 3.34. The van der Waals surface area contributed by atoms with Crippen molar-refractivity contribution >= 4 is 0 Å². The molecule has 0 amide bonds. The Bertz CT molecular complexity index is 159. The van der Waals surface area contributed by atoms with Crippen LogP contribution in [0.5, 0.6) is 0 Å². The molecular weight excluding hydrogens is 144 g/mol. The Morgan fingerprint density at radius 2 is 2.45 bits per heavy atom. The normalized spacial score (nSPS) is 49.6. The molecule has 0 spiro atoms. The zero-order valence-corrected chi connectivity index (χ0v) is 6.75. The van der Waals surface area contributed by atoms with E-state index in [0.29, 0.717) is 13.2 Å². The summed E-state index contributed by atoms with van der Waals surface area (Å²) in [5.74, 6) is -0.774. The molecule has 2 saturated heterocycles. The van der Waals surface area contributed by atoms with Crippen LogP contribution in [0.25, 0.3) is 0 Å². The molecule has 0 aromatic heterocycles. The number of fused-ring (bicyclic) bond motifs is 1. The quantitative estimate of drug-likeness (QED) is 0.604. The van der Waals surface area contributed by atoms with Crippen LogP contribution in [0.15, 0.2) is 0 Å². The molecule has 0 aromatic rings. The van der Waals surface area contributed by atoms with Gasteiger partial charge in [-0.3, -0.25) is 0 Å². The van der Waals surface area contributed by atoms with Gasteiger partial charge in [-0.2, -0.15) is 0 Å². The van der Waals surface area contributed by atoms with Crippen molar-refractivity contribution in [3.8, 4) is 0 Å². The zero-order chi connectivity index (χ0) is 7.90. The van der Waals surface area contributed by atoms with Gasteiger partial charge in [-0.25, -0.2) is 0 Å². The third-order valence-electron chi connectivity index (χ3n) is 2.75. The van der Waals surface area contributed by atoms with E-state index in [-0.39, 0.29) is 12.0 Å². The second-order valence-electron chi connectivity index (χ2n) is 3.32. The second-order valence-corrected chi connectivity index (χ2v) is 3.32. The zero-order valence-electron chi connectivity index (χ0n) is 6.75. The molecule has 0 saturated carbocycles. The van der Waals surface area contributed by atoms with Gasteiger partial charge in [0.2, 0.25) is 0 Å². The number of ether oxygens (including phenoxy) is 2. The highest BCUT2D eigenvalue weighted by Crippen LogP contribution is 2.40. The standard InChI is InChI=1S/C8H14O3/c1-2-6-5-10-7-3-4-11-8(6,7)9/h6-7,9H,2-5H2,1H3/t6-,7-,8-/m1/s1. The number of hydrogen-bond donors (Lipinski definition) is 1. The monoisotopic (exact) mass is 158 g/mol.